The number of rotatable bonds is 13. The van der Waals surface area contributed by atoms with Crippen molar-refractivity contribution in [3.63, 3.8) is 0 Å². The molecule has 0 saturated heterocycles. The number of ether oxygens (including phenoxy) is 4. The molecule has 5 nitrogen and oxygen atoms in total. The average Bonchev–Trinajstić information content (AvgIpc) is 2.83. The van der Waals surface area contributed by atoms with Crippen LogP contribution in [-0.4, -0.2) is 37.6 Å². The van der Waals surface area contributed by atoms with Crippen LogP contribution in [0.3, 0.4) is 0 Å². The summed E-state index contributed by atoms with van der Waals surface area (Å²) in [6.07, 6.45) is -1.32. The molecule has 0 saturated carbocycles. The second-order valence-electron chi connectivity index (χ2n) is 7.27. The van der Waals surface area contributed by atoms with Crippen molar-refractivity contribution in [3.8, 4) is 5.75 Å². The molecule has 3 rings (SSSR count). The van der Waals surface area contributed by atoms with Gasteiger partial charge in [-0.3, -0.25) is 0 Å². The highest BCUT2D eigenvalue weighted by Crippen LogP contribution is 2.14. The lowest BCUT2D eigenvalue weighted by atomic mass is 10.2. The standard InChI is InChI=1S/C26H30O5/c1-28-24-14-12-23(13-15-24)18-31-26(20-30-17-22-10-6-3-7-11-22)25(27)19-29-16-21-8-4-2-5-9-21/h2-15,25-27H,16-20H2,1H3/t25-,26+/m1/s1. The first-order chi connectivity index (χ1) is 15.2. The lowest BCUT2D eigenvalue weighted by Crippen LogP contribution is -2.36. The summed E-state index contributed by atoms with van der Waals surface area (Å²) in [6.45, 7) is 1.69. The Morgan fingerprint density at radius 2 is 1.16 bits per heavy atom. The molecule has 3 aromatic carbocycles. The highest BCUT2D eigenvalue weighted by atomic mass is 16.5. The Hall–Kier alpha value is -2.70. The van der Waals surface area contributed by atoms with Gasteiger partial charge in [0.25, 0.3) is 0 Å². The van der Waals surface area contributed by atoms with E-state index in [4.69, 9.17) is 18.9 Å². The fourth-order valence-electron chi connectivity index (χ4n) is 3.04. The maximum atomic E-state index is 10.7. The Morgan fingerprint density at radius 3 is 1.71 bits per heavy atom. The predicted octanol–water partition coefficient (Wildman–Crippen LogP) is 4.37. The molecule has 31 heavy (non-hydrogen) atoms. The van der Waals surface area contributed by atoms with Crippen LogP contribution in [0.4, 0.5) is 0 Å². The van der Waals surface area contributed by atoms with Crippen LogP contribution in [0.1, 0.15) is 16.7 Å². The van der Waals surface area contributed by atoms with Gasteiger partial charge in [-0.15, -0.1) is 0 Å². The van der Waals surface area contributed by atoms with Gasteiger partial charge in [-0.05, 0) is 28.8 Å². The number of benzene rings is 3. The topological polar surface area (TPSA) is 57.2 Å². The normalized spacial score (nSPS) is 13.0. The summed E-state index contributed by atoms with van der Waals surface area (Å²) >= 11 is 0. The number of aliphatic hydroxyl groups excluding tert-OH is 1. The zero-order valence-electron chi connectivity index (χ0n) is 17.9. The maximum absolute atomic E-state index is 10.7. The largest absolute Gasteiger partial charge is 0.497 e. The zero-order chi connectivity index (χ0) is 21.7. The molecule has 0 unspecified atom stereocenters. The smallest absolute Gasteiger partial charge is 0.118 e. The molecule has 5 heteroatoms. The summed E-state index contributed by atoms with van der Waals surface area (Å²) in [5.41, 5.74) is 3.13. The van der Waals surface area contributed by atoms with Gasteiger partial charge in [0.15, 0.2) is 0 Å². The fraction of sp³-hybridized carbons (Fsp3) is 0.308. The van der Waals surface area contributed by atoms with Gasteiger partial charge in [-0.1, -0.05) is 72.8 Å². The molecule has 0 aliphatic rings. The van der Waals surface area contributed by atoms with Crippen molar-refractivity contribution in [2.45, 2.75) is 32.0 Å². The molecule has 0 aromatic heterocycles. The summed E-state index contributed by atoms with van der Waals surface area (Å²) in [5, 5.41) is 10.7. The second-order valence-corrected chi connectivity index (χ2v) is 7.27. The molecule has 0 amide bonds. The van der Waals surface area contributed by atoms with E-state index in [0.717, 1.165) is 22.4 Å². The monoisotopic (exact) mass is 422 g/mol. The third-order valence-corrected chi connectivity index (χ3v) is 4.85. The van der Waals surface area contributed by atoms with Crippen molar-refractivity contribution < 1.29 is 24.1 Å². The average molecular weight is 423 g/mol. The van der Waals surface area contributed by atoms with E-state index in [0.29, 0.717) is 19.8 Å². The van der Waals surface area contributed by atoms with Gasteiger partial charge in [0.2, 0.25) is 0 Å². The first-order valence-electron chi connectivity index (χ1n) is 10.4. The minimum atomic E-state index is -0.808. The third-order valence-electron chi connectivity index (χ3n) is 4.85. The molecule has 3 aromatic rings. The number of aliphatic hydroxyl groups is 1. The van der Waals surface area contributed by atoms with E-state index in [-0.39, 0.29) is 13.2 Å². The third kappa shape index (κ3) is 8.15. The van der Waals surface area contributed by atoms with Crippen LogP contribution in [0, 0.1) is 0 Å². The van der Waals surface area contributed by atoms with Gasteiger partial charge in [0, 0.05) is 0 Å². The minimum Gasteiger partial charge on any atom is -0.497 e. The summed E-state index contributed by atoms with van der Waals surface area (Å²) in [4.78, 5) is 0. The summed E-state index contributed by atoms with van der Waals surface area (Å²) in [6, 6.07) is 27.5. The zero-order valence-corrected chi connectivity index (χ0v) is 17.9. The van der Waals surface area contributed by atoms with E-state index in [1.54, 1.807) is 7.11 Å². The van der Waals surface area contributed by atoms with E-state index in [2.05, 4.69) is 0 Å². The molecule has 2 atom stereocenters. The van der Waals surface area contributed by atoms with Crippen molar-refractivity contribution in [2.75, 3.05) is 20.3 Å². The van der Waals surface area contributed by atoms with E-state index in [9.17, 15) is 5.11 Å². The summed E-state index contributed by atoms with van der Waals surface area (Å²) < 4.78 is 22.7. The van der Waals surface area contributed by atoms with Gasteiger partial charge in [0.05, 0.1) is 40.1 Å². The quantitative estimate of drug-likeness (QED) is 0.443. The molecular weight excluding hydrogens is 392 g/mol. The van der Waals surface area contributed by atoms with Crippen molar-refractivity contribution in [1.82, 2.24) is 0 Å². The molecule has 0 spiro atoms. The summed E-state index contributed by atoms with van der Waals surface area (Å²) in [7, 11) is 1.64. The first-order valence-corrected chi connectivity index (χ1v) is 10.4. The molecule has 0 aliphatic carbocycles. The van der Waals surface area contributed by atoms with Gasteiger partial charge in [-0.2, -0.15) is 0 Å². The van der Waals surface area contributed by atoms with Crippen LogP contribution in [-0.2, 0) is 34.0 Å². The Balaban J connectivity index is 1.52. The number of methoxy groups -OCH3 is 1. The molecule has 1 N–H and O–H groups in total. The number of hydrogen-bond donors (Lipinski definition) is 1. The predicted molar refractivity (Wildman–Crippen MR) is 120 cm³/mol. The Labute approximate surface area is 184 Å². The van der Waals surface area contributed by atoms with E-state index >= 15 is 0 Å². The van der Waals surface area contributed by atoms with E-state index < -0.39 is 12.2 Å². The van der Waals surface area contributed by atoms with Crippen molar-refractivity contribution in [3.05, 3.63) is 102 Å². The Kier molecular flexibility index (Phi) is 9.54. The van der Waals surface area contributed by atoms with Crippen LogP contribution in [0.25, 0.3) is 0 Å². The van der Waals surface area contributed by atoms with Gasteiger partial charge in [0.1, 0.15) is 18.0 Å². The van der Waals surface area contributed by atoms with Crippen LogP contribution < -0.4 is 4.74 Å². The Bertz CT molecular complexity index is 852. The van der Waals surface area contributed by atoms with E-state index in [1.807, 2.05) is 84.9 Å². The molecule has 0 radical (unpaired) electrons. The highest BCUT2D eigenvalue weighted by Gasteiger charge is 2.21. The van der Waals surface area contributed by atoms with Crippen LogP contribution >= 0.6 is 0 Å². The summed E-state index contributed by atoms with van der Waals surface area (Å²) in [5.74, 6) is 0.792. The SMILES string of the molecule is COc1ccc(CO[C@@H](COCc2ccccc2)[C@H](O)COCc2ccccc2)cc1. The first kappa shape index (κ1) is 23.0. The molecule has 0 fully saturated rings. The maximum Gasteiger partial charge on any atom is 0.118 e. The van der Waals surface area contributed by atoms with Crippen LogP contribution in [0.5, 0.6) is 5.75 Å². The van der Waals surface area contributed by atoms with E-state index in [1.165, 1.54) is 0 Å². The van der Waals surface area contributed by atoms with Crippen LogP contribution in [0.15, 0.2) is 84.9 Å². The molecule has 0 aliphatic heterocycles. The lowest BCUT2D eigenvalue weighted by Gasteiger charge is -2.23. The van der Waals surface area contributed by atoms with Gasteiger partial charge in [-0.25, -0.2) is 0 Å². The Morgan fingerprint density at radius 1 is 0.645 bits per heavy atom. The molecular formula is C26H30O5. The number of hydrogen-bond acceptors (Lipinski definition) is 5. The van der Waals surface area contributed by atoms with Gasteiger partial charge < -0.3 is 24.1 Å². The highest BCUT2D eigenvalue weighted by molar-refractivity contribution is 5.26. The van der Waals surface area contributed by atoms with Crippen molar-refractivity contribution >= 4 is 0 Å². The molecule has 0 bridgehead atoms. The van der Waals surface area contributed by atoms with Crippen LogP contribution in [0.2, 0.25) is 0 Å². The van der Waals surface area contributed by atoms with Crippen molar-refractivity contribution in [2.24, 2.45) is 0 Å². The van der Waals surface area contributed by atoms with Gasteiger partial charge >= 0.3 is 0 Å². The molecule has 164 valence electrons. The lowest BCUT2D eigenvalue weighted by molar-refractivity contribution is -0.112. The fourth-order valence-corrected chi connectivity index (χ4v) is 3.04. The molecule has 0 heterocycles. The second kappa shape index (κ2) is 12.9. The van der Waals surface area contributed by atoms with Crippen molar-refractivity contribution in [1.29, 1.82) is 0 Å². The minimum absolute atomic E-state index is 0.164.